The second kappa shape index (κ2) is 9.30. The van der Waals surface area contributed by atoms with Gasteiger partial charge in [0.15, 0.2) is 11.0 Å². The van der Waals surface area contributed by atoms with Crippen LogP contribution in [0.3, 0.4) is 0 Å². The lowest BCUT2D eigenvalue weighted by Crippen LogP contribution is -2.20. The molecule has 1 aromatic heterocycles. The molecule has 0 spiro atoms. The number of aromatic nitrogens is 3. The predicted octanol–water partition coefficient (Wildman–Crippen LogP) is 5.47. The van der Waals surface area contributed by atoms with E-state index in [-0.39, 0.29) is 17.1 Å². The Morgan fingerprint density at radius 3 is 2.63 bits per heavy atom. The van der Waals surface area contributed by atoms with Gasteiger partial charge >= 0.3 is 0 Å². The molecule has 1 N–H and O–H groups in total. The topological polar surface area (TPSA) is 59.8 Å². The molecule has 30 heavy (non-hydrogen) atoms. The Labute approximate surface area is 182 Å². The summed E-state index contributed by atoms with van der Waals surface area (Å²) in [6.07, 6.45) is 1.81. The third kappa shape index (κ3) is 5.19. The van der Waals surface area contributed by atoms with Gasteiger partial charge in [-0.25, -0.2) is 0 Å². The highest BCUT2D eigenvalue weighted by Gasteiger charge is 2.19. The normalized spacial score (nSPS) is 11.3. The zero-order valence-electron chi connectivity index (χ0n) is 18.0. The number of benzene rings is 2. The van der Waals surface area contributed by atoms with Crippen LogP contribution in [0.4, 0.5) is 5.69 Å². The number of carbonyl (C=O) groups is 1. The van der Waals surface area contributed by atoms with Gasteiger partial charge < -0.3 is 5.32 Å². The molecule has 1 amide bonds. The van der Waals surface area contributed by atoms with Gasteiger partial charge in [0.25, 0.3) is 0 Å². The van der Waals surface area contributed by atoms with Crippen LogP contribution in [0.1, 0.15) is 31.9 Å². The molecule has 0 aliphatic rings. The minimum atomic E-state index is -0.0676. The Morgan fingerprint density at radius 2 is 1.93 bits per heavy atom. The first kappa shape index (κ1) is 21.8. The van der Waals surface area contributed by atoms with Crippen molar-refractivity contribution < 1.29 is 4.79 Å². The number of thioether (sulfide) groups is 1. The smallest absolute Gasteiger partial charge is 0.234 e. The summed E-state index contributed by atoms with van der Waals surface area (Å²) in [6.45, 7) is 12.9. The van der Waals surface area contributed by atoms with Gasteiger partial charge in [0.2, 0.25) is 5.91 Å². The van der Waals surface area contributed by atoms with Crippen molar-refractivity contribution in [1.29, 1.82) is 0 Å². The van der Waals surface area contributed by atoms with Gasteiger partial charge in [0.1, 0.15) is 0 Å². The minimum Gasteiger partial charge on any atom is -0.325 e. The number of anilines is 1. The van der Waals surface area contributed by atoms with Gasteiger partial charge in [-0.05, 0) is 30.0 Å². The first-order chi connectivity index (χ1) is 14.3. The fourth-order valence-electron chi connectivity index (χ4n) is 3.25. The molecular formula is C24H28N4OS. The summed E-state index contributed by atoms with van der Waals surface area (Å²) < 4.78 is 1.99. The third-order valence-corrected chi connectivity index (χ3v) is 5.61. The molecule has 0 saturated carbocycles. The molecule has 0 unspecified atom stereocenters. The SMILES string of the molecule is C=CCn1c(SCC(=O)Nc2ccccc2C(C)(C)C)nnc1-c1cccc(C)c1. The van der Waals surface area contributed by atoms with Crippen molar-refractivity contribution in [1.82, 2.24) is 14.8 Å². The number of hydrogen-bond donors (Lipinski definition) is 1. The number of amides is 1. The molecule has 0 bridgehead atoms. The standard InChI is InChI=1S/C24H28N4OS/c1-6-14-28-22(18-11-9-10-17(2)15-18)26-27-23(28)30-16-21(29)25-20-13-8-7-12-19(20)24(3,4)5/h6-13,15H,1,14,16H2,2-5H3,(H,25,29). The molecule has 3 aromatic rings. The number of rotatable bonds is 7. The van der Waals surface area contributed by atoms with Crippen molar-refractivity contribution in [2.45, 2.75) is 44.8 Å². The third-order valence-electron chi connectivity index (χ3n) is 4.65. The van der Waals surface area contributed by atoms with Gasteiger partial charge in [-0.2, -0.15) is 0 Å². The fraction of sp³-hybridized carbons (Fsp3) is 0.292. The van der Waals surface area contributed by atoms with Gasteiger partial charge in [-0.3, -0.25) is 9.36 Å². The maximum atomic E-state index is 12.6. The predicted molar refractivity (Wildman–Crippen MR) is 125 cm³/mol. The molecule has 2 aromatic carbocycles. The van der Waals surface area contributed by atoms with E-state index in [1.54, 1.807) is 0 Å². The van der Waals surface area contributed by atoms with Crippen molar-refractivity contribution in [3.8, 4) is 11.4 Å². The lowest BCUT2D eigenvalue weighted by Gasteiger charge is -2.22. The number of para-hydroxylation sites is 1. The lowest BCUT2D eigenvalue weighted by atomic mass is 9.86. The summed E-state index contributed by atoms with van der Waals surface area (Å²) in [6, 6.07) is 16.1. The van der Waals surface area contributed by atoms with Gasteiger partial charge in [-0.1, -0.05) is 80.6 Å². The van der Waals surface area contributed by atoms with Crippen LogP contribution in [0, 0.1) is 6.92 Å². The summed E-state index contributed by atoms with van der Waals surface area (Å²) in [5.74, 6) is 0.961. The van der Waals surface area contributed by atoms with Crippen LogP contribution >= 0.6 is 11.8 Å². The van der Waals surface area contributed by atoms with Crippen LogP contribution < -0.4 is 5.32 Å². The number of nitrogens with zero attached hydrogens (tertiary/aromatic N) is 3. The Hall–Kier alpha value is -2.86. The van der Waals surface area contributed by atoms with E-state index in [0.717, 1.165) is 28.2 Å². The molecule has 6 heteroatoms. The molecule has 0 atom stereocenters. The van der Waals surface area contributed by atoms with Crippen molar-refractivity contribution >= 4 is 23.4 Å². The van der Waals surface area contributed by atoms with Crippen molar-refractivity contribution in [3.05, 3.63) is 72.3 Å². The molecule has 0 fully saturated rings. The lowest BCUT2D eigenvalue weighted by molar-refractivity contribution is -0.113. The van der Waals surface area contributed by atoms with Crippen LogP contribution in [-0.4, -0.2) is 26.4 Å². The first-order valence-electron chi connectivity index (χ1n) is 9.93. The number of hydrogen-bond acceptors (Lipinski definition) is 4. The number of nitrogens with one attached hydrogen (secondary N) is 1. The maximum Gasteiger partial charge on any atom is 0.234 e. The number of carbonyl (C=O) groups excluding carboxylic acids is 1. The van der Waals surface area contributed by atoms with E-state index in [0.29, 0.717) is 11.7 Å². The highest BCUT2D eigenvalue weighted by atomic mass is 32.2. The van der Waals surface area contributed by atoms with E-state index in [1.807, 2.05) is 54.0 Å². The Morgan fingerprint density at radius 1 is 1.17 bits per heavy atom. The quantitative estimate of drug-likeness (QED) is 0.407. The van der Waals surface area contributed by atoms with Crippen LogP contribution in [-0.2, 0) is 16.8 Å². The van der Waals surface area contributed by atoms with E-state index < -0.39 is 0 Å². The molecule has 0 saturated heterocycles. The van der Waals surface area contributed by atoms with E-state index in [2.05, 4.69) is 55.0 Å². The first-order valence-corrected chi connectivity index (χ1v) is 10.9. The summed E-state index contributed by atoms with van der Waals surface area (Å²) in [4.78, 5) is 12.6. The largest absolute Gasteiger partial charge is 0.325 e. The number of aryl methyl sites for hydroxylation is 1. The van der Waals surface area contributed by atoms with Crippen molar-refractivity contribution in [2.75, 3.05) is 11.1 Å². The monoisotopic (exact) mass is 420 g/mol. The van der Waals surface area contributed by atoms with Crippen LogP contribution in [0.25, 0.3) is 11.4 Å². The minimum absolute atomic E-state index is 0.0517. The zero-order valence-corrected chi connectivity index (χ0v) is 18.8. The number of allylic oxidation sites excluding steroid dienone is 1. The van der Waals surface area contributed by atoms with E-state index in [4.69, 9.17) is 0 Å². The average Bonchev–Trinajstić information content (AvgIpc) is 3.09. The summed E-state index contributed by atoms with van der Waals surface area (Å²) in [5, 5.41) is 12.4. The van der Waals surface area contributed by atoms with Gasteiger partial charge in [0.05, 0.1) is 5.75 Å². The van der Waals surface area contributed by atoms with Crippen molar-refractivity contribution in [3.63, 3.8) is 0 Å². The zero-order chi connectivity index (χ0) is 21.7. The molecule has 5 nitrogen and oxygen atoms in total. The summed E-state index contributed by atoms with van der Waals surface area (Å²) >= 11 is 1.38. The Bertz CT molecular complexity index is 1050. The van der Waals surface area contributed by atoms with E-state index in [1.165, 1.54) is 11.8 Å². The maximum absolute atomic E-state index is 12.6. The molecule has 1 heterocycles. The van der Waals surface area contributed by atoms with E-state index in [9.17, 15) is 4.79 Å². The van der Waals surface area contributed by atoms with Crippen LogP contribution in [0.2, 0.25) is 0 Å². The molecule has 0 aliphatic carbocycles. The second-order valence-corrected chi connectivity index (χ2v) is 9.15. The molecule has 156 valence electrons. The van der Waals surface area contributed by atoms with Gasteiger partial charge in [-0.15, -0.1) is 16.8 Å². The molecule has 3 rings (SSSR count). The molecule has 0 aliphatic heterocycles. The van der Waals surface area contributed by atoms with Crippen LogP contribution in [0.15, 0.2) is 66.3 Å². The average molecular weight is 421 g/mol. The van der Waals surface area contributed by atoms with Crippen LogP contribution in [0.5, 0.6) is 0 Å². The molecular weight excluding hydrogens is 392 g/mol. The Balaban J connectivity index is 1.75. The molecule has 0 radical (unpaired) electrons. The van der Waals surface area contributed by atoms with E-state index >= 15 is 0 Å². The van der Waals surface area contributed by atoms with Crippen molar-refractivity contribution in [2.24, 2.45) is 0 Å². The Kier molecular flexibility index (Phi) is 6.77. The summed E-state index contributed by atoms with van der Waals surface area (Å²) in [5.41, 5.74) is 4.07. The van der Waals surface area contributed by atoms with Gasteiger partial charge in [0, 0.05) is 17.8 Å². The highest BCUT2D eigenvalue weighted by molar-refractivity contribution is 7.99. The highest BCUT2D eigenvalue weighted by Crippen LogP contribution is 2.30. The fourth-order valence-corrected chi connectivity index (χ4v) is 4.00. The summed E-state index contributed by atoms with van der Waals surface area (Å²) in [7, 11) is 0. The second-order valence-electron chi connectivity index (χ2n) is 8.21.